The summed E-state index contributed by atoms with van der Waals surface area (Å²) in [6.07, 6.45) is -4.65. The van der Waals surface area contributed by atoms with Crippen molar-refractivity contribution in [2.45, 2.75) is 26.8 Å². The van der Waals surface area contributed by atoms with Gasteiger partial charge in [0.2, 0.25) is 11.5 Å². The Hall–Kier alpha value is -6.42. The number of nitrogens with zero attached hydrogens (tertiary/aromatic N) is 1. The van der Waals surface area contributed by atoms with Gasteiger partial charge in [0.1, 0.15) is 52.7 Å². The number of benzene rings is 5. The van der Waals surface area contributed by atoms with E-state index in [-0.39, 0.29) is 5.78 Å². The molecule has 0 fully saturated rings. The lowest BCUT2D eigenvalue weighted by Crippen LogP contribution is -2.81. The van der Waals surface area contributed by atoms with Crippen LogP contribution in [0.2, 0.25) is 0 Å². The lowest BCUT2D eigenvalue weighted by Gasteiger charge is -2.44. The Morgan fingerprint density at radius 3 is 0.953 bits per heavy atom. The number of hydrogen-bond acceptors (Lipinski definition) is 1. The van der Waals surface area contributed by atoms with Crippen molar-refractivity contribution in [2.75, 3.05) is 0 Å². The molecule has 5 aromatic carbocycles. The van der Waals surface area contributed by atoms with Crippen LogP contribution in [0.15, 0.2) is 54.7 Å². The van der Waals surface area contributed by atoms with Crippen LogP contribution in [-0.2, 0) is 6.54 Å². The molecule has 338 valence electrons. The monoisotopic (exact) mass is 933 g/mol. The second-order valence-electron chi connectivity index (χ2n) is 14.0. The number of aromatic nitrogens is 1. The minimum absolute atomic E-state index is 0.214. The molecule has 0 amide bonds. The first-order chi connectivity index (χ1) is 29.9. The van der Waals surface area contributed by atoms with Gasteiger partial charge < -0.3 is 0 Å². The van der Waals surface area contributed by atoms with Gasteiger partial charge in [-0.05, 0) is 12.0 Å². The van der Waals surface area contributed by atoms with Crippen molar-refractivity contribution in [3.63, 3.8) is 0 Å². The molecule has 0 spiro atoms. The molecule has 0 saturated carbocycles. The van der Waals surface area contributed by atoms with Crippen LogP contribution in [0.1, 0.15) is 36.3 Å². The van der Waals surface area contributed by atoms with Gasteiger partial charge in [-0.3, -0.25) is 4.79 Å². The van der Waals surface area contributed by atoms with Crippen molar-refractivity contribution in [2.24, 2.45) is 5.92 Å². The van der Waals surface area contributed by atoms with Gasteiger partial charge in [-0.1, -0.05) is 44.2 Å². The zero-order chi connectivity index (χ0) is 48.0. The molecule has 0 atom stereocenters. The number of hydrogen-bond donors (Lipinski definition) is 0. The summed E-state index contributed by atoms with van der Waals surface area (Å²) in [6.45, 7) is 4.88. The van der Waals surface area contributed by atoms with Crippen molar-refractivity contribution < 1.29 is 97.2 Å². The van der Waals surface area contributed by atoms with Gasteiger partial charge in [-0.25, -0.2) is 87.8 Å². The minimum atomic E-state index is -7.22. The van der Waals surface area contributed by atoms with Gasteiger partial charge in [-0.2, -0.15) is 4.57 Å². The maximum atomic E-state index is 15.4. The van der Waals surface area contributed by atoms with Crippen molar-refractivity contribution in [3.8, 4) is 0 Å². The second kappa shape index (κ2) is 18.4. The highest BCUT2D eigenvalue weighted by atomic mass is 19.2. The SMILES string of the molecule is CC(C)CC(=O)c1cccc[n+]1Cc1ccccc1.Fc1c(F)c(F)c([B-](c2c(F)c(F)c(F)c(F)c2F)(c2c(F)c(F)c(F)c(F)c2F)c2c(F)c(F)c(F)c(F)c2F)c(F)c1F. The molecule has 0 saturated heterocycles. The first-order valence-corrected chi connectivity index (χ1v) is 17.7. The summed E-state index contributed by atoms with van der Waals surface area (Å²) in [6, 6.07) is 16.0. The third-order valence-corrected chi connectivity index (χ3v) is 9.72. The number of Topliss-reactive ketones (excluding diaryl/α,β-unsaturated/α-hetero) is 1. The summed E-state index contributed by atoms with van der Waals surface area (Å²) in [4.78, 5) is 12.2. The van der Waals surface area contributed by atoms with E-state index in [0.717, 1.165) is 12.2 Å². The Bertz CT molecular complexity index is 2450. The van der Waals surface area contributed by atoms with Crippen molar-refractivity contribution in [1.29, 1.82) is 0 Å². The number of pyridine rings is 1. The summed E-state index contributed by atoms with van der Waals surface area (Å²) in [5.74, 6) is -70.8. The van der Waals surface area contributed by atoms with E-state index in [4.69, 9.17) is 0 Å². The number of halogens is 20. The van der Waals surface area contributed by atoms with E-state index in [2.05, 4.69) is 26.0 Å². The van der Waals surface area contributed by atoms with Crippen LogP contribution in [0.5, 0.6) is 0 Å². The van der Waals surface area contributed by atoms with E-state index in [0.29, 0.717) is 12.3 Å². The predicted molar refractivity (Wildman–Crippen MR) is 185 cm³/mol. The van der Waals surface area contributed by atoms with E-state index in [1.165, 1.54) is 5.56 Å². The Morgan fingerprint density at radius 2 is 0.672 bits per heavy atom. The van der Waals surface area contributed by atoms with Crippen LogP contribution in [0, 0.1) is 122 Å². The smallest absolute Gasteiger partial charge is 0.248 e. The maximum absolute atomic E-state index is 15.4. The highest BCUT2D eigenvalue weighted by molar-refractivity contribution is 7.20. The number of ketones is 1. The molecule has 0 N–H and O–H groups in total. The second-order valence-corrected chi connectivity index (χ2v) is 14.0. The van der Waals surface area contributed by atoms with Gasteiger partial charge >= 0.3 is 0 Å². The van der Waals surface area contributed by atoms with Gasteiger partial charge in [-0.15, -0.1) is 21.9 Å². The topological polar surface area (TPSA) is 20.9 Å². The van der Waals surface area contributed by atoms with Crippen LogP contribution >= 0.6 is 0 Å². The summed E-state index contributed by atoms with van der Waals surface area (Å²) >= 11 is 0. The standard InChI is InChI=1S/C24BF20.C17H20NO/c26-5-1(6(27)14(35)21(42)13(5)34)25(2-7(28)15(36)22(43)16(37)8(2)29,3-9(30)17(38)23(44)18(39)10(3)31)4-11(32)19(40)24(45)20(41)12(4)33;1-14(2)12-17(19)16-10-6-7-11-18(16)13-15-8-4-3-5-9-15/h;3-11,14H,12-13H2,1-2H3/q-1;+1. The summed E-state index contributed by atoms with van der Waals surface area (Å²) in [5.41, 5.74) is -12.3. The first kappa shape index (κ1) is 48.6. The molecule has 0 bridgehead atoms. The van der Waals surface area contributed by atoms with Gasteiger partial charge in [0.25, 0.3) is 0 Å². The Labute approximate surface area is 345 Å². The lowest BCUT2D eigenvalue weighted by molar-refractivity contribution is -0.690. The molecule has 0 aliphatic heterocycles. The van der Waals surface area contributed by atoms with Crippen molar-refractivity contribution >= 4 is 33.8 Å². The van der Waals surface area contributed by atoms with Gasteiger partial charge in [0, 0.05) is 24.1 Å². The van der Waals surface area contributed by atoms with Crippen molar-refractivity contribution in [3.05, 3.63) is 182 Å². The summed E-state index contributed by atoms with van der Waals surface area (Å²) < 4.78 is 296. The highest BCUT2D eigenvalue weighted by Gasteiger charge is 2.52. The van der Waals surface area contributed by atoms with Crippen molar-refractivity contribution in [1.82, 2.24) is 0 Å². The Morgan fingerprint density at radius 1 is 0.406 bits per heavy atom. The van der Waals surface area contributed by atoms with Crippen LogP contribution in [0.25, 0.3) is 0 Å². The normalized spacial score (nSPS) is 11.6. The molecule has 0 aliphatic rings. The van der Waals surface area contributed by atoms with E-state index in [1.54, 1.807) is 0 Å². The third kappa shape index (κ3) is 7.92. The molecule has 6 aromatic rings. The summed E-state index contributed by atoms with van der Waals surface area (Å²) in [5, 5.41) is 0. The molecule has 0 unspecified atom stereocenters. The fourth-order valence-corrected chi connectivity index (χ4v) is 7.00. The van der Waals surface area contributed by atoms with E-state index >= 15 is 35.1 Å². The van der Waals surface area contributed by atoms with E-state index in [9.17, 15) is 57.5 Å². The maximum Gasteiger partial charge on any atom is 0.248 e. The van der Waals surface area contributed by atoms with Gasteiger partial charge in [0.05, 0.1) is 0 Å². The molecule has 6 rings (SSSR count). The number of rotatable bonds is 9. The summed E-state index contributed by atoms with van der Waals surface area (Å²) in [7, 11) is 0. The fraction of sp³-hybridized carbons (Fsp3) is 0.122. The molecule has 23 heteroatoms. The molecular formula is C41H20BF20NO. The highest BCUT2D eigenvalue weighted by Crippen LogP contribution is 2.31. The zero-order valence-corrected chi connectivity index (χ0v) is 31.7. The molecule has 2 nitrogen and oxygen atoms in total. The quantitative estimate of drug-likeness (QED) is 0.0354. The number of carbonyl (C=O) groups is 1. The predicted octanol–water partition coefficient (Wildman–Crippen LogP) is 9.10. The largest absolute Gasteiger partial charge is 0.287 e. The minimum Gasteiger partial charge on any atom is -0.287 e. The average molecular weight is 933 g/mol. The lowest BCUT2D eigenvalue weighted by atomic mass is 9.12. The Balaban J connectivity index is 0.000000337. The van der Waals surface area contributed by atoms with Crippen LogP contribution in [0.4, 0.5) is 87.8 Å². The third-order valence-electron chi connectivity index (χ3n) is 9.72. The van der Waals surface area contributed by atoms with E-state index < -0.39 is 144 Å². The average Bonchev–Trinajstić information content (AvgIpc) is 3.26. The molecule has 0 aliphatic carbocycles. The molecule has 1 heterocycles. The molecule has 64 heavy (non-hydrogen) atoms. The Kier molecular flexibility index (Phi) is 13.9. The zero-order valence-electron chi connectivity index (χ0n) is 31.7. The van der Waals surface area contributed by atoms with Gasteiger partial charge in [0.15, 0.2) is 82.5 Å². The van der Waals surface area contributed by atoms with Crippen LogP contribution < -0.4 is 26.4 Å². The van der Waals surface area contributed by atoms with Crippen LogP contribution in [0.3, 0.4) is 0 Å². The number of carbonyl (C=O) groups excluding carboxylic acids is 1. The molecule has 0 radical (unpaired) electrons. The van der Waals surface area contributed by atoms with Crippen LogP contribution in [-0.4, -0.2) is 11.9 Å². The fourth-order valence-electron chi connectivity index (χ4n) is 7.00. The molecular weight excluding hydrogens is 913 g/mol. The molecule has 1 aromatic heterocycles. The first-order valence-electron chi connectivity index (χ1n) is 17.7. The van der Waals surface area contributed by atoms with E-state index in [1.807, 2.05) is 47.2 Å².